The molecule has 7 heteroatoms. The molecule has 1 atom stereocenters. The molecule has 3 aromatic rings. The maximum absolute atomic E-state index is 12.7. The van der Waals surface area contributed by atoms with Gasteiger partial charge in [-0.1, -0.05) is 12.1 Å². The Morgan fingerprint density at radius 3 is 2.77 bits per heavy atom. The largest absolute Gasteiger partial charge is 0.451 e. The number of nitrogens with zero attached hydrogens (tertiary/aromatic N) is 1. The first-order valence-corrected chi connectivity index (χ1v) is 9.95. The summed E-state index contributed by atoms with van der Waals surface area (Å²) in [5.41, 5.74) is 2.24. The fraction of sp³-hybridized carbons (Fsp3) is 0.348. The minimum absolute atomic E-state index is 0.159. The zero-order valence-electron chi connectivity index (χ0n) is 17.0. The molecule has 1 saturated heterocycles. The van der Waals surface area contributed by atoms with Gasteiger partial charge >= 0.3 is 5.97 Å². The Balaban J connectivity index is 1.46. The number of para-hydroxylation sites is 1. The number of hydrogen-bond donors (Lipinski definition) is 0. The topological polar surface area (TPSA) is 87.7 Å². The van der Waals surface area contributed by atoms with Gasteiger partial charge in [-0.2, -0.15) is 0 Å². The van der Waals surface area contributed by atoms with Crippen LogP contribution < -0.4 is 5.43 Å². The van der Waals surface area contributed by atoms with E-state index in [2.05, 4.69) is 4.57 Å². The molecular formula is C23H23NO6. The van der Waals surface area contributed by atoms with Crippen LogP contribution in [0.4, 0.5) is 0 Å². The molecule has 2 aromatic heterocycles. The number of Topliss-reactive ketones (excluding diaryl/α,β-unsaturated/α-hetero) is 1. The number of fused-ring (bicyclic) bond motifs is 1. The number of aryl methyl sites for hydroxylation is 1. The summed E-state index contributed by atoms with van der Waals surface area (Å²) in [6.07, 6.45) is 2.22. The molecule has 7 nitrogen and oxygen atoms in total. The molecule has 156 valence electrons. The first-order valence-electron chi connectivity index (χ1n) is 9.95. The third-order valence-corrected chi connectivity index (χ3v) is 5.45. The lowest BCUT2D eigenvalue weighted by Gasteiger charge is -2.14. The summed E-state index contributed by atoms with van der Waals surface area (Å²) in [5.74, 6) is -1.38. The van der Waals surface area contributed by atoms with E-state index in [-0.39, 0.29) is 23.1 Å². The van der Waals surface area contributed by atoms with E-state index in [0.717, 1.165) is 36.9 Å². The van der Waals surface area contributed by atoms with Crippen molar-refractivity contribution < 1.29 is 23.5 Å². The van der Waals surface area contributed by atoms with Gasteiger partial charge in [-0.15, -0.1) is 0 Å². The Labute approximate surface area is 173 Å². The van der Waals surface area contributed by atoms with E-state index in [9.17, 15) is 14.4 Å². The third-order valence-electron chi connectivity index (χ3n) is 5.45. The van der Waals surface area contributed by atoms with Crippen molar-refractivity contribution in [3.63, 3.8) is 0 Å². The molecule has 1 aliphatic heterocycles. The molecule has 30 heavy (non-hydrogen) atoms. The standard InChI is InChI=1S/C23H23NO6/c1-14-10-18(15(2)24(14)12-16-6-5-9-28-16)20(26)13-29-23(27)22-11-19(25)17-7-3-4-8-21(17)30-22/h3-4,7-8,10-11,16H,5-6,9,12-13H2,1-2H3/t16-/m1/s1. The minimum Gasteiger partial charge on any atom is -0.451 e. The molecule has 0 aliphatic carbocycles. The predicted molar refractivity (Wildman–Crippen MR) is 110 cm³/mol. The second-order valence-corrected chi connectivity index (χ2v) is 7.50. The predicted octanol–water partition coefficient (Wildman–Crippen LogP) is 3.43. The Bertz CT molecular complexity index is 1170. The number of carbonyl (C=O) groups is 2. The van der Waals surface area contributed by atoms with Crippen LogP contribution in [0.1, 0.15) is 45.1 Å². The Morgan fingerprint density at radius 1 is 1.20 bits per heavy atom. The lowest BCUT2D eigenvalue weighted by atomic mass is 10.1. The number of benzene rings is 1. The maximum atomic E-state index is 12.7. The number of carbonyl (C=O) groups excluding carboxylic acids is 2. The zero-order valence-corrected chi connectivity index (χ0v) is 17.0. The Morgan fingerprint density at radius 2 is 2.00 bits per heavy atom. The van der Waals surface area contributed by atoms with Crippen LogP contribution >= 0.6 is 0 Å². The molecule has 1 fully saturated rings. The summed E-state index contributed by atoms with van der Waals surface area (Å²) in [6.45, 7) is 4.86. The van der Waals surface area contributed by atoms with Gasteiger partial charge in [0, 0.05) is 36.2 Å². The third kappa shape index (κ3) is 3.93. The highest BCUT2D eigenvalue weighted by atomic mass is 16.5. The average molecular weight is 409 g/mol. The summed E-state index contributed by atoms with van der Waals surface area (Å²) < 4.78 is 18.3. The van der Waals surface area contributed by atoms with E-state index in [1.165, 1.54) is 0 Å². The van der Waals surface area contributed by atoms with Crippen molar-refractivity contribution >= 4 is 22.7 Å². The fourth-order valence-electron chi connectivity index (χ4n) is 3.84. The number of ketones is 1. The van der Waals surface area contributed by atoms with E-state index in [1.807, 2.05) is 13.8 Å². The smallest absolute Gasteiger partial charge is 0.374 e. The summed E-state index contributed by atoms with van der Waals surface area (Å²) >= 11 is 0. The van der Waals surface area contributed by atoms with Crippen molar-refractivity contribution in [1.29, 1.82) is 0 Å². The second-order valence-electron chi connectivity index (χ2n) is 7.50. The highest BCUT2D eigenvalue weighted by Gasteiger charge is 2.22. The molecule has 0 radical (unpaired) electrons. The van der Waals surface area contributed by atoms with Crippen LogP contribution in [0.3, 0.4) is 0 Å². The van der Waals surface area contributed by atoms with Gasteiger partial charge in [-0.05, 0) is 44.9 Å². The van der Waals surface area contributed by atoms with Crippen LogP contribution in [0.5, 0.6) is 0 Å². The van der Waals surface area contributed by atoms with Gasteiger partial charge in [0.25, 0.3) is 0 Å². The minimum atomic E-state index is -0.848. The number of esters is 1. The summed E-state index contributed by atoms with van der Waals surface area (Å²) in [4.78, 5) is 37.1. The summed E-state index contributed by atoms with van der Waals surface area (Å²) in [5, 5.41) is 0.379. The number of hydrogen-bond acceptors (Lipinski definition) is 6. The van der Waals surface area contributed by atoms with Crippen molar-refractivity contribution in [1.82, 2.24) is 4.57 Å². The van der Waals surface area contributed by atoms with Gasteiger partial charge in [-0.3, -0.25) is 9.59 Å². The van der Waals surface area contributed by atoms with Crippen LogP contribution in [0.2, 0.25) is 0 Å². The Hall–Kier alpha value is -3.19. The molecule has 0 saturated carbocycles. The highest BCUT2D eigenvalue weighted by molar-refractivity contribution is 6.00. The van der Waals surface area contributed by atoms with E-state index < -0.39 is 12.6 Å². The van der Waals surface area contributed by atoms with Crippen molar-refractivity contribution in [2.75, 3.05) is 13.2 Å². The van der Waals surface area contributed by atoms with Gasteiger partial charge in [0.15, 0.2) is 12.0 Å². The summed E-state index contributed by atoms with van der Waals surface area (Å²) in [6, 6.07) is 9.52. The van der Waals surface area contributed by atoms with E-state index in [0.29, 0.717) is 23.1 Å². The van der Waals surface area contributed by atoms with Crippen molar-refractivity contribution in [2.45, 2.75) is 39.3 Å². The number of aromatic nitrogens is 1. The van der Waals surface area contributed by atoms with Gasteiger partial charge in [0.2, 0.25) is 11.5 Å². The van der Waals surface area contributed by atoms with Crippen LogP contribution in [-0.2, 0) is 16.0 Å². The van der Waals surface area contributed by atoms with Gasteiger partial charge in [-0.25, -0.2) is 4.79 Å². The van der Waals surface area contributed by atoms with Crippen molar-refractivity contribution in [3.05, 3.63) is 69.3 Å². The summed E-state index contributed by atoms with van der Waals surface area (Å²) in [7, 11) is 0. The van der Waals surface area contributed by atoms with Crippen LogP contribution in [0.15, 0.2) is 45.6 Å². The van der Waals surface area contributed by atoms with E-state index in [1.54, 1.807) is 30.3 Å². The van der Waals surface area contributed by atoms with Gasteiger partial charge in [0.1, 0.15) is 5.58 Å². The van der Waals surface area contributed by atoms with E-state index in [4.69, 9.17) is 13.9 Å². The van der Waals surface area contributed by atoms with Gasteiger partial charge < -0.3 is 18.5 Å². The van der Waals surface area contributed by atoms with Crippen molar-refractivity contribution in [2.24, 2.45) is 0 Å². The zero-order chi connectivity index (χ0) is 21.3. The monoisotopic (exact) mass is 409 g/mol. The lowest BCUT2D eigenvalue weighted by Crippen LogP contribution is -2.18. The SMILES string of the molecule is Cc1cc(C(=O)COC(=O)c2cc(=O)c3ccccc3o2)c(C)n1C[C@H]1CCCO1. The highest BCUT2D eigenvalue weighted by Crippen LogP contribution is 2.21. The average Bonchev–Trinajstić information content (AvgIpc) is 3.35. The number of rotatable bonds is 6. The quantitative estimate of drug-likeness (QED) is 0.458. The number of ether oxygens (including phenoxy) is 2. The van der Waals surface area contributed by atoms with Crippen LogP contribution in [0, 0.1) is 13.8 Å². The van der Waals surface area contributed by atoms with Crippen LogP contribution in [0.25, 0.3) is 11.0 Å². The lowest BCUT2D eigenvalue weighted by molar-refractivity contribution is 0.0444. The molecule has 3 heterocycles. The molecular weight excluding hydrogens is 386 g/mol. The van der Waals surface area contributed by atoms with Crippen molar-refractivity contribution in [3.8, 4) is 0 Å². The molecule has 1 aliphatic rings. The normalized spacial score (nSPS) is 16.1. The fourth-order valence-corrected chi connectivity index (χ4v) is 3.84. The molecule has 0 unspecified atom stereocenters. The van der Waals surface area contributed by atoms with E-state index >= 15 is 0 Å². The molecule has 0 N–H and O–H groups in total. The molecule has 0 amide bonds. The van der Waals surface area contributed by atoms with Crippen LogP contribution in [-0.4, -0.2) is 35.6 Å². The molecule has 1 aromatic carbocycles. The first kappa shape index (κ1) is 20.1. The van der Waals surface area contributed by atoms with Gasteiger partial charge in [0.05, 0.1) is 11.5 Å². The maximum Gasteiger partial charge on any atom is 0.374 e. The molecule has 0 spiro atoms. The second kappa shape index (κ2) is 8.28. The Kier molecular flexibility index (Phi) is 5.55. The first-order chi connectivity index (χ1) is 14.4. The molecule has 0 bridgehead atoms. The molecule has 4 rings (SSSR count).